The van der Waals surface area contributed by atoms with Gasteiger partial charge >= 0.3 is 0 Å². The molecule has 17 heavy (non-hydrogen) atoms. The van der Waals surface area contributed by atoms with E-state index in [1.165, 1.54) is 0 Å². The van der Waals surface area contributed by atoms with Crippen LogP contribution in [-0.2, 0) is 13.6 Å². The Hall–Kier alpha value is -1.68. The highest BCUT2D eigenvalue weighted by Crippen LogP contribution is 2.22. The van der Waals surface area contributed by atoms with Crippen molar-refractivity contribution >= 4 is 17.4 Å². The lowest BCUT2D eigenvalue weighted by Gasteiger charge is -2.06. The minimum atomic E-state index is 0.231. The molecule has 0 aliphatic rings. The molecule has 0 bridgehead atoms. The van der Waals surface area contributed by atoms with Gasteiger partial charge in [-0.2, -0.15) is 5.10 Å². The van der Waals surface area contributed by atoms with Gasteiger partial charge in [0.05, 0.1) is 0 Å². The number of hydrogen-bond donors (Lipinski definition) is 2. The Bertz CT molecular complexity index is 517. The highest BCUT2D eigenvalue weighted by Gasteiger charge is 2.04. The molecule has 0 unspecified atom stereocenters. The number of anilines is 1. The highest BCUT2D eigenvalue weighted by molar-refractivity contribution is 6.30. The number of rotatable bonds is 3. The Morgan fingerprint density at radius 3 is 2.82 bits per heavy atom. The number of aryl methyl sites for hydroxylation is 2. The molecule has 0 spiro atoms. The van der Waals surface area contributed by atoms with Crippen molar-refractivity contribution in [3.8, 4) is 5.75 Å². The molecule has 4 nitrogen and oxygen atoms in total. The largest absolute Gasteiger partial charge is 0.508 e. The third-order valence-corrected chi connectivity index (χ3v) is 2.85. The first-order valence-corrected chi connectivity index (χ1v) is 5.66. The molecule has 0 fully saturated rings. The maximum Gasteiger partial charge on any atom is 0.148 e. The number of nitrogens with zero attached hydrogens (tertiary/aromatic N) is 2. The van der Waals surface area contributed by atoms with Crippen molar-refractivity contribution in [3.63, 3.8) is 0 Å². The van der Waals surface area contributed by atoms with Gasteiger partial charge in [0.25, 0.3) is 0 Å². The van der Waals surface area contributed by atoms with Gasteiger partial charge in [0.1, 0.15) is 11.6 Å². The van der Waals surface area contributed by atoms with E-state index < -0.39 is 0 Å². The number of aromatic hydroxyl groups is 1. The van der Waals surface area contributed by atoms with E-state index in [1.54, 1.807) is 22.9 Å². The summed E-state index contributed by atoms with van der Waals surface area (Å²) in [5, 5.41) is 17.7. The van der Waals surface area contributed by atoms with Crippen LogP contribution < -0.4 is 5.32 Å². The predicted octanol–water partition coefficient (Wildman–Crippen LogP) is 2.70. The van der Waals surface area contributed by atoms with Gasteiger partial charge in [0.2, 0.25) is 0 Å². The van der Waals surface area contributed by atoms with Crippen molar-refractivity contribution in [1.29, 1.82) is 0 Å². The lowest BCUT2D eigenvalue weighted by molar-refractivity contribution is 0.469. The topological polar surface area (TPSA) is 50.1 Å². The zero-order valence-electron chi connectivity index (χ0n) is 9.74. The SMILES string of the molecule is Cc1cc(NCc2cc(Cl)ccc2O)nn1C. The minimum Gasteiger partial charge on any atom is -0.508 e. The third-order valence-electron chi connectivity index (χ3n) is 2.62. The third kappa shape index (κ3) is 2.71. The lowest BCUT2D eigenvalue weighted by atomic mass is 10.2. The number of halogens is 1. The van der Waals surface area contributed by atoms with Gasteiger partial charge in [-0.3, -0.25) is 4.68 Å². The highest BCUT2D eigenvalue weighted by atomic mass is 35.5. The molecule has 0 saturated carbocycles. The van der Waals surface area contributed by atoms with Crippen LogP contribution in [0.4, 0.5) is 5.82 Å². The Morgan fingerprint density at radius 1 is 1.41 bits per heavy atom. The molecule has 1 aromatic heterocycles. The predicted molar refractivity (Wildman–Crippen MR) is 68.4 cm³/mol. The normalized spacial score (nSPS) is 10.5. The van der Waals surface area contributed by atoms with Gasteiger partial charge in [0, 0.05) is 35.9 Å². The van der Waals surface area contributed by atoms with E-state index in [1.807, 2.05) is 20.0 Å². The summed E-state index contributed by atoms with van der Waals surface area (Å²) in [6.07, 6.45) is 0. The van der Waals surface area contributed by atoms with Gasteiger partial charge in [-0.15, -0.1) is 0 Å². The molecule has 2 rings (SSSR count). The Balaban J connectivity index is 2.09. The van der Waals surface area contributed by atoms with Crippen LogP contribution in [0, 0.1) is 6.92 Å². The molecule has 0 saturated heterocycles. The summed E-state index contributed by atoms with van der Waals surface area (Å²) in [4.78, 5) is 0. The molecule has 2 aromatic rings. The van der Waals surface area contributed by atoms with Gasteiger partial charge < -0.3 is 10.4 Å². The standard InChI is InChI=1S/C12H14ClN3O/c1-8-5-12(15-16(8)2)14-7-9-6-10(13)3-4-11(9)17/h3-6,17H,7H2,1-2H3,(H,14,15). The molecule has 0 atom stereocenters. The number of hydrogen-bond acceptors (Lipinski definition) is 3. The molecule has 1 aromatic carbocycles. The number of phenolic OH excluding ortho intramolecular Hbond substituents is 1. The van der Waals surface area contributed by atoms with Crippen molar-refractivity contribution in [2.75, 3.05) is 5.32 Å². The number of nitrogens with one attached hydrogen (secondary N) is 1. The fourth-order valence-corrected chi connectivity index (χ4v) is 1.72. The maximum atomic E-state index is 9.65. The first kappa shape index (κ1) is 11.8. The summed E-state index contributed by atoms with van der Waals surface area (Å²) < 4.78 is 1.79. The monoisotopic (exact) mass is 251 g/mol. The van der Waals surface area contributed by atoms with Crippen LogP contribution >= 0.6 is 11.6 Å². The van der Waals surface area contributed by atoms with Crippen molar-refractivity contribution < 1.29 is 5.11 Å². The van der Waals surface area contributed by atoms with E-state index in [0.29, 0.717) is 11.6 Å². The van der Waals surface area contributed by atoms with Crippen molar-refractivity contribution in [3.05, 3.63) is 40.5 Å². The second kappa shape index (κ2) is 4.67. The van der Waals surface area contributed by atoms with Crippen molar-refractivity contribution in [1.82, 2.24) is 9.78 Å². The van der Waals surface area contributed by atoms with Crippen molar-refractivity contribution in [2.24, 2.45) is 7.05 Å². The quantitative estimate of drug-likeness (QED) is 0.882. The summed E-state index contributed by atoms with van der Waals surface area (Å²) in [5.74, 6) is 1.01. The van der Waals surface area contributed by atoms with Crippen LogP contribution in [0.25, 0.3) is 0 Å². The number of phenols is 1. The van der Waals surface area contributed by atoms with E-state index >= 15 is 0 Å². The maximum absolute atomic E-state index is 9.65. The van der Waals surface area contributed by atoms with Gasteiger partial charge in [0.15, 0.2) is 0 Å². The van der Waals surface area contributed by atoms with E-state index in [2.05, 4.69) is 10.4 Å². The summed E-state index contributed by atoms with van der Waals surface area (Å²) in [7, 11) is 1.89. The molecule has 0 radical (unpaired) electrons. The van der Waals surface area contributed by atoms with Crippen LogP contribution in [0.3, 0.4) is 0 Å². The molecule has 0 aliphatic carbocycles. The Morgan fingerprint density at radius 2 is 2.18 bits per heavy atom. The smallest absolute Gasteiger partial charge is 0.148 e. The zero-order chi connectivity index (χ0) is 12.4. The molecular weight excluding hydrogens is 238 g/mol. The van der Waals surface area contributed by atoms with Gasteiger partial charge in [-0.1, -0.05) is 11.6 Å². The fourth-order valence-electron chi connectivity index (χ4n) is 1.53. The van der Waals surface area contributed by atoms with E-state index in [-0.39, 0.29) is 5.75 Å². The zero-order valence-corrected chi connectivity index (χ0v) is 10.5. The lowest BCUT2D eigenvalue weighted by Crippen LogP contribution is -2.01. The van der Waals surface area contributed by atoms with Crippen LogP contribution in [-0.4, -0.2) is 14.9 Å². The van der Waals surface area contributed by atoms with E-state index in [9.17, 15) is 5.11 Å². The fraction of sp³-hybridized carbons (Fsp3) is 0.250. The molecule has 90 valence electrons. The first-order valence-electron chi connectivity index (χ1n) is 5.28. The average Bonchev–Trinajstić information content (AvgIpc) is 2.60. The molecule has 5 heteroatoms. The van der Waals surface area contributed by atoms with Crippen LogP contribution in [0.2, 0.25) is 5.02 Å². The minimum absolute atomic E-state index is 0.231. The van der Waals surface area contributed by atoms with E-state index in [4.69, 9.17) is 11.6 Å². The molecule has 0 amide bonds. The average molecular weight is 252 g/mol. The molecule has 2 N–H and O–H groups in total. The van der Waals surface area contributed by atoms with Crippen LogP contribution in [0.1, 0.15) is 11.3 Å². The summed E-state index contributed by atoms with van der Waals surface area (Å²) in [6, 6.07) is 6.93. The second-order valence-corrected chi connectivity index (χ2v) is 4.36. The van der Waals surface area contributed by atoms with Crippen LogP contribution in [0.15, 0.2) is 24.3 Å². The number of benzene rings is 1. The van der Waals surface area contributed by atoms with E-state index in [0.717, 1.165) is 17.1 Å². The summed E-state index contributed by atoms with van der Waals surface area (Å²) in [5.41, 5.74) is 1.82. The Kier molecular flexibility index (Phi) is 3.24. The Labute approximate surface area is 105 Å². The summed E-state index contributed by atoms with van der Waals surface area (Å²) in [6.45, 7) is 2.47. The molecule has 0 aliphatic heterocycles. The van der Waals surface area contributed by atoms with Gasteiger partial charge in [-0.25, -0.2) is 0 Å². The molecular formula is C12H14ClN3O. The van der Waals surface area contributed by atoms with Crippen LogP contribution in [0.5, 0.6) is 5.75 Å². The van der Waals surface area contributed by atoms with Gasteiger partial charge in [-0.05, 0) is 25.1 Å². The number of aromatic nitrogens is 2. The van der Waals surface area contributed by atoms with Crippen molar-refractivity contribution in [2.45, 2.75) is 13.5 Å². The summed E-state index contributed by atoms with van der Waals surface area (Å²) >= 11 is 5.87. The first-order chi connectivity index (χ1) is 8.06. The second-order valence-electron chi connectivity index (χ2n) is 3.92. The molecule has 1 heterocycles.